The number of aryl methyl sites for hydroxylation is 1. The third kappa shape index (κ3) is 3.23. The molecule has 0 spiro atoms. The molecule has 1 rings (SSSR count). The Morgan fingerprint density at radius 2 is 1.89 bits per heavy atom. The van der Waals surface area contributed by atoms with Gasteiger partial charge in [-0.25, -0.2) is 0 Å². The number of carbonyl (C=O) groups is 2. The molecule has 1 atom stereocenters. The van der Waals surface area contributed by atoms with E-state index in [2.05, 4.69) is 16.0 Å². The van der Waals surface area contributed by atoms with Crippen LogP contribution in [-0.4, -0.2) is 32.0 Å². The molecule has 1 aromatic rings. The van der Waals surface area contributed by atoms with Crippen LogP contribution >= 0.6 is 0 Å². The summed E-state index contributed by atoms with van der Waals surface area (Å²) in [5, 5.41) is 8.15. The lowest BCUT2D eigenvalue weighted by Gasteiger charge is -2.14. The number of nitrogens with one attached hydrogen (secondary N) is 3. The lowest BCUT2D eigenvalue weighted by atomic mass is 10.1. The van der Waals surface area contributed by atoms with Gasteiger partial charge in [-0.15, -0.1) is 0 Å². The van der Waals surface area contributed by atoms with Gasteiger partial charge < -0.3 is 16.0 Å². The first-order chi connectivity index (χ1) is 8.49. The number of anilines is 1. The van der Waals surface area contributed by atoms with E-state index < -0.39 is 6.04 Å². The smallest absolute Gasteiger partial charge is 0.252 e. The average molecular weight is 249 g/mol. The standard InChI is InChI=1S/C13H19N3O2/c1-8-7-10(14-3)5-6-11(8)13(18)16-9(2)12(17)15-4/h5-7,9,14H,1-4H3,(H,15,17)(H,16,18). The van der Waals surface area contributed by atoms with Gasteiger partial charge in [-0.1, -0.05) is 0 Å². The summed E-state index contributed by atoms with van der Waals surface area (Å²) in [5.74, 6) is -0.459. The highest BCUT2D eigenvalue weighted by Crippen LogP contribution is 2.14. The molecule has 0 bridgehead atoms. The number of hydrogen-bond acceptors (Lipinski definition) is 3. The highest BCUT2D eigenvalue weighted by Gasteiger charge is 2.16. The summed E-state index contributed by atoms with van der Waals surface area (Å²) in [4.78, 5) is 23.3. The molecule has 0 saturated carbocycles. The fourth-order valence-corrected chi connectivity index (χ4v) is 1.63. The van der Waals surface area contributed by atoms with Gasteiger partial charge in [0.05, 0.1) is 0 Å². The van der Waals surface area contributed by atoms with Crippen LogP contribution in [0.25, 0.3) is 0 Å². The van der Waals surface area contributed by atoms with Gasteiger partial charge >= 0.3 is 0 Å². The number of benzene rings is 1. The van der Waals surface area contributed by atoms with E-state index in [4.69, 9.17) is 0 Å². The van der Waals surface area contributed by atoms with Crippen LogP contribution in [0.4, 0.5) is 5.69 Å². The Kier molecular flexibility index (Phi) is 4.71. The van der Waals surface area contributed by atoms with E-state index in [1.54, 1.807) is 13.0 Å². The zero-order valence-corrected chi connectivity index (χ0v) is 11.1. The zero-order chi connectivity index (χ0) is 13.7. The number of carbonyl (C=O) groups excluding carboxylic acids is 2. The fourth-order valence-electron chi connectivity index (χ4n) is 1.63. The molecule has 18 heavy (non-hydrogen) atoms. The average Bonchev–Trinajstić information content (AvgIpc) is 2.37. The molecule has 0 saturated heterocycles. The van der Waals surface area contributed by atoms with E-state index in [0.717, 1.165) is 11.3 Å². The highest BCUT2D eigenvalue weighted by molar-refractivity contribution is 5.98. The minimum Gasteiger partial charge on any atom is -0.388 e. The van der Waals surface area contributed by atoms with Crippen LogP contribution in [0.3, 0.4) is 0 Å². The first-order valence-electron chi connectivity index (χ1n) is 5.80. The third-order valence-electron chi connectivity index (χ3n) is 2.75. The SMILES string of the molecule is CNC(=O)C(C)NC(=O)c1ccc(NC)cc1C. The predicted molar refractivity (Wildman–Crippen MR) is 71.7 cm³/mol. The maximum Gasteiger partial charge on any atom is 0.252 e. The molecule has 0 aromatic heterocycles. The van der Waals surface area contributed by atoms with E-state index in [1.807, 2.05) is 26.1 Å². The van der Waals surface area contributed by atoms with E-state index in [1.165, 1.54) is 7.05 Å². The van der Waals surface area contributed by atoms with E-state index in [9.17, 15) is 9.59 Å². The minimum absolute atomic E-state index is 0.215. The second kappa shape index (κ2) is 6.05. The summed E-state index contributed by atoms with van der Waals surface area (Å²) >= 11 is 0. The Bertz CT molecular complexity index is 458. The maximum atomic E-state index is 12.0. The fraction of sp³-hybridized carbons (Fsp3) is 0.385. The summed E-state index contributed by atoms with van der Waals surface area (Å²) in [7, 11) is 3.36. The summed E-state index contributed by atoms with van der Waals surface area (Å²) in [6.45, 7) is 3.51. The van der Waals surface area contributed by atoms with Crippen LogP contribution in [0, 0.1) is 6.92 Å². The largest absolute Gasteiger partial charge is 0.388 e. The summed E-state index contributed by atoms with van der Waals surface area (Å²) in [5.41, 5.74) is 2.39. The molecular weight excluding hydrogens is 230 g/mol. The summed E-state index contributed by atoms with van der Waals surface area (Å²) in [6.07, 6.45) is 0. The van der Waals surface area contributed by atoms with E-state index in [-0.39, 0.29) is 11.8 Å². The van der Waals surface area contributed by atoms with Gasteiger partial charge in [-0.3, -0.25) is 9.59 Å². The van der Waals surface area contributed by atoms with Crippen molar-refractivity contribution in [1.82, 2.24) is 10.6 Å². The molecule has 3 N–H and O–H groups in total. The van der Waals surface area contributed by atoms with Crippen molar-refractivity contribution in [2.45, 2.75) is 19.9 Å². The molecule has 98 valence electrons. The van der Waals surface area contributed by atoms with Crippen molar-refractivity contribution < 1.29 is 9.59 Å². The molecule has 2 amide bonds. The van der Waals surface area contributed by atoms with Crippen molar-refractivity contribution in [3.8, 4) is 0 Å². The monoisotopic (exact) mass is 249 g/mol. The van der Waals surface area contributed by atoms with Gasteiger partial charge in [0, 0.05) is 25.3 Å². The Morgan fingerprint density at radius 3 is 2.39 bits per heavy atom. The number of hydrogen-bond donors (Lipinski definition) is 3. The Morgan fingerprint density at radius 1 is 1.22 bits per heavy atom. The Hall–Kier alpha value is -2.04. The van der Waals surface area contributed by atoms with Crippen LogP contribution < -0.4 is 16.0 Å². The first kappa shape index (κ1) is 14.0. The number of likely N-dealkylation sites (N-methyl/N-ethyl adjacent to an activating group) is 1. The van der Waals surface area contributed by atoms with Gasteiger partial charge in [0.1, 0.15) is 6.04 Å². The van der Waals surface area contributed by atoms with Gasteiger partial charge in [-0.05, 0) is 37.6 Å². The van der Waals surface area contributed by atoms with Gasteiger partial charge in [-0.2, -0.15) is 0 Å². The quantitative estimate of drug-likeness (QED) is 0.742. The van der Waals surface area contributed by atoms with E-state index >= 15 is 0 Å². The predicted octanol–water partition coefficient (Wildman–Crippen LogP) is 0.901. The second-order valence-electron chi connectivity index (χ2n) is 4.09. The van der Waals surface area contributed by atoms with Crippen molar-refractivity contribution >= 4 is 17.5 Å². The van der Waals surface area contributed by atoms with Gasteiger partial charge in [0.2, 0.25) is 5.91 Å². The topological polar surface area (TPSA) is 70.2 Å². The van der Waals surface area contributed by atoms with Crippen molar-refractivity contribution in [1.29, 1.82) is 0 Å². The summed E-state index contributed by atoms with van der Waals surface area (Å²) < 4.78 is 0. The van der Waals surface area contributed by atoms with E-state index in [0.29, 0.717) is 5.56 Å². The lowest BCUT2D eigenvalue weighted by molar-refractivity contribution is -0.122. The van der Waals surface area contributed by atoms with Gasteiger partial charge in [0.25, 0.3) is 5.91 Å². The maximum absolute atomic E-state index is 12.0. The van der Waals surface area contributed by atoms with Crippen LogP contribution in [-0.2, 0) is 4.79 Å². The van der Waals surface area contributed by atoms with Crippen molar-refractivity contribution in [3.63, 3.8) is 0 Å². The summed E-state index contributed by atoms with van der Waals surface area (Å²) in [6, 6.07) is 4.91. The van der Waals surface area contributed by atoms with Crippen LogP contribution in [0.2, 0.25) is 0 Å². The van der Waals surface area contributed by atoms with Crippen LogP contribution in [0.15, 0.2) is 18.2 Å². The number of rotatable bonds is 4. The van der Waals surface area contributed by atoms with Gasteiger partial charge in [0.15, 0.2) is 0 Å². The number of amides is 2. The lowest BCUT2D eigenvalue weighted by Crippen LogP contribution is -2.43. The molecule has 0 aliphatic heterocycles. The minimum atomic E-state index is -0.550. The molecule has 0 fully saturated rings. The normalized spacial score (nSPS) is 11.6. The Balaban J connectivity index is 2.82. The van der Waals surface area contributed by atoms with Crippen molar-refractivity contribution in [2.24, 2.45) is 0 Å². The second-order valence-corrected chi connectivity index (χ2v) is 4.09. The molecule has 0 aliphatic rings. The molecule has 5 nitrogen and oxygen atoms in total. The highest BCUT2D eigenvalue weighted by atomic mass is 16.2. The van der Waals surface area contributed by atoms with Crippen molar-refractivity contribution in [3.05, 3.63) is 29.3 Å². The molecule has 1 unspecified atom stereocenters. The first-order valence-corrected chi connectivity index (χ1v) is 5.80. The molecule has 0 heterocycles. The zero-order valence-electron chi connectivity index (χ0n) is 11.1. The molecule has 5 heteroatoms. The molecule has 0 radical (unpaired) electrons. The molecular formula is C13H19N3O2. The molecule has 0 aliphatic carbocycles. The van der Waals surface area contributed by atoms with Crippen LogP contribution in [0.1, 0.15) is 22.8 Å². The third-order valence-corrected chi connectivity index (χ3v) is 2.75. The van der Waals surface area contributed by atoms with Crippen molar-refractivity contribution in [2.75, 3.05) is 19.4 Å². The molecule has 1 aromatic carbocycles. The Labute approximate surface area is 107 Å². The van der Waals surface area contributed by atoms with Crippen LogP contribution in [0.5, 0.6) is 0 Å².